The van der Waals surface area contributed by atoms with E-state index >= 15 is 0 Å². The Morgan fingerprint density at radius 2 is 1.64 bits per heavy atom. The lowest BCUT2D eigenvalue weighted by atomic mass is 9.55. The van der Waals surface area contributed by atoms with Crippen LogP contribution in [-0.4, -0.2) is 99.9 Å². The Labute approximate surface area is 379 Å². The number of non-ortho nitro benzene ring substituents is 1. The van der Waals surface area contributed by atoms with E-state index in [0.29, 0.717) is 36.3 Å². The Kier molecular flexibility index (Phi) is 21.0. The van der Waals surface area contributed by atoms with Crippen molar-refractivity contribution in [3.8, 4) is 11.5 Å². The van der Waals surface area contributed by atoms with Gasteiger partial charge >= 0.3 is 0 Å². The number of carbonyl (C=O) groups is 1. The van der Waals surface area contributed by atoms with Crippen LogP contribution in [0.25, 0.3) is 0 Å². The summed E-state index contributed by atoms with van der Waals surface area (Å²) < 4.78 is 20.1. The Balaban J connectivity index is 1.62. The fourth-order valence-corrected chi connectivity index (χ4v) is 10.1. The molecule has 0 radical (unpaired) electrons. The van der Waals surface area contributed by atoms with E-state index in [0.717, 1.165) is 62.5 Å². The van der Waals surface area contributed by atoms with E-state index in [2.05, 4.69) is 19.6 Å². The monoisotopic (exact) mass is 892 g/mol. The highest BCUT2D eigenvalue weighted by molar-refractivity contribution is 6.03. The molecule has 1 fully saturated rings. The maximum absolute atomic E-state index is 14.8. The minimum Gasteiger partial charge on any atom is -0.508 e. The summed E-state index contributed by atoms with van der Waals surface area (Å²) in [5.41, 5.74) is 2.96. The molecule has 1 saturated carbocycles. The molecule has 6 unspecified atom stereocenters. The van der Waals surface area contributed by atoms with E-state index in [1.54, 1.807) is 36.4 Å². The van der Waals surface area contributed by atoms with Crippen molar-refractivity contribution in [1.29, 1.82) is 0 Å². The molecule has 64 heavy (non-hydrogen) atoms. The van der Waals surface area contributed by atoms with E-state index in [1.807, 2.05) is 4.90 Å². The maximum Gasteiger partial charge on any atom is 0.269 e. The summed E-state index contributed by atoms with van der Waals surface area (Å²) in [5, 5.41) is 56.6. The highest BCUT2D eigenvalue weighted by Crippen LogP contribution is 2.62. The van der Waals surface area contributed by atoms with Crippen molar-refractivity contribution in [1.82, 2.24) is 4.90 Å². The average Bonchev–Trinajstić information content (AvgIpc) is 3.29. The van der Waals surface area contributed by atoms with Crippen LogP contribution in [0, 0.1) is 27.9 Å². The zero-order chi connectivity index (χ0) is 45.7. The molecule has 14 nitrogen and oxygen atoms in total. The molecular weight excluding hydrogens is 819 g/mol. The van der Waals surface area contributed by atoms with Crippen LogP contribution in [0.4, 0.5) is 5.69 Å². The second kappa shape index (κ2) is 26.6. The van der Waals surface area contributed by atoms with Gasteiger partial charge in [-0.25, -0.2) is 0 Å². The first kappa shape index (κ1) is 50.7. The molecule has 1 amide bonds. The van der Waals surface area contributed by atoms with Crippen molar-refractivity contribution in [2.75, 3.05) is 46.2 Å². The highest BCUT2D eigenvalue weighted by Gasteiger charge is 2.65. The van der Waals surface area contributed by atoms with E-state index in [-0.39, 0.29) is 94.3 Å². The number of nitro groups is 1. The second-order valence-corrected chi connectivity index (χ2v) is 17.5. The quantitative estimate of drug-likeness (QED) is 0.0245. The lowest BCUT2D eigenvalue weighted by Gasteiger charge is -2.60. The van der Waals surface area contributed by atoms with E-state index in [1.165, 1.54) is 44.2 Å². The van der Waals surface area contributed by atoms with Crippen LogP contribution in [-0.2, 0) is 25.7 Å². The van der Waals surface area contributed by atoms with Crippen LogP contribution < -0.4 is 4.74 Å². The number of fused-ring (bicyclic) bond motifs is 2. The molecule has 5 rings (SSSR count). The van der Waals surface area contributed by atoms with Crippen molar-refractivity contribution < 1.29 is 49.2 Å². The molecule has 4 N–H and O–H groups in total. The Hall–Kier alpha value is -4.34. The van der Waals surface area contributed by atoms with Gasteiger partial charge in [-0.2, -0.15) is 0 Å². The lowest BCUT2D eigenvalue weighted by Crippen LogP contribution is -2.70. The number of amides is 1. The number of unbranched alkanes of at least 4 members (excludes halogenated alkanes) is 10. The van der Waals surface area contributed by atoms with Crippen molar-refractivity contribution in [2.45, 2.75) is 140 Å². The number of allylic oxidation sites excluding steroid dienone is 1. The third-order valence-corrected chi connectivity index (χ3v) is 13.1. The van der Waals surface area contributed by atoms with E-state index in [9.17, 15) is 35.3 Å². The molecule has 1 heterocycles. The summed E-state index contributed by atoms with van der Waals surface area (Å²) >= 11 is 0. The smallest absolute Gasteiger partial charge is 0.269 e. The van der Waals surface area contributed by atoms with Crippen molar-refractivity contribution in [3.63, 3.8) is 0 Å². The molecule has 2 aromatic carbocycles. The number of nitro benzene ring substituents is 1. The van der Waals surface area contributed by atoms with Gasteiger partial charge in [-0.15, -0.1) is 6.58 Å². The third-order valence-electron chi connectivity index (χ3n) is 13.1. The summed E-state index contributed by atoms with van der Waals surface area (Å²) in [6.07, 6.45) is 18.8. The molecule has 0 bridgehead atoms. The average molecular weight is 892 g/mol. The molecule has 2 aromatic rings. The van der Waals surface area contributed by atoms with Gasteiger partial charge in [0.2, 0.25) is 11.7 Å². The fraction of sp³-hybridized carbons (Fsp3) is 0.640. The van der Waals surface area contributed by atoms with Gasteiger partial charge in [0.25, 0.3) is 5.69 Å². The zero-order valence-corrected chi connectivity index (χ0v) is 38.0. The van der Waals surface area contributed by atoms with Gasteiger partial charge in [-0.05, 0) is 85.4 Å². The van der Waals surface area contributed by atoms with Crippen molar-refractivity contribution in [2.24, 2.45) is 22.9 Å². The minimum absolute atomic E-state index is 0.00446. The van der Waals surface area contributed by atoms with Crippen LogP contribution in [0.5, 0.6) is 11.5 Å². The molecule has 0 saturated heterocycles. The van der Waals surface area contributed by atoms with Crippen molar-refractivity contribution in [3.05, 3.63) is 88.0 Å². The van der Waals surface area contributed by atoms with E-state index in [4.69, 9.17) is 24.2 Å². The number of aromatic hydroxyl groups is 1. The number of nitrogens with zero attached hydrogens (tertiary/aromatic N) is 3. The molecule has 1 aliphatic heterocycles. The molecule has 354 valence electrons. The number of carbonyl (C=O) groups excluding carboxylic acids is 1. The topological polar surface area (TPSA) is 194 Å². The van der Waals surface area contributed by atoms with Crippen molar-refractivity contribution >= 4 is 17.3 Å². The number of hydrogen-bond donors (Lipinski definition) is 4. The normalized spacial score (nSPS) is 22.8. The number of hydrogen-bond acceptors (Lipinski definition) is 12. The van der Waals surface area contributed by atoms with Crippen LogP contribution in [0.3, 0.4) is 0 Å². The summed E-state index contributed by atoms with van der Waals surface area (Å²) in [4.78, 5) is 33.7. The predicted octanol–water partition coefficient (Wildman–Crippen LogP) is 8.89. The molecule has 14 heteroatoms. The summed E-state index contributed by atoms with van der Waals surface area (Å²) in [6, 6.07) is 10.5. The summed E-state index contributed by atoms with van der Waals surface area (Å²) in [7, 11) is 0. The number of benzene rings is 2. The van der Waals surface area contributed by atoms with Gasteiger partial charge in [0.05, 0.1) is 43.0 Å². The zero-order valence-electron chi connectivity index (χ0n) is 38.0. The molecule has 3 aliphatic rings. The first-order chi connectivity index (χ1) is 31.2. The Bertz CT molecular complexity index is 1820. The number of oxime groups is 1. The number of ether oxygens (including phenoxy) is 3. The molecule has 2 aliphatic carbocycles. The number of rotatable bonds is 31. The Morgan fingerprint density at radius 1 is 0.938 bits per heavy atom. The lowest BCUT2D eigenvalue weighted by molar-refractivity contribution is -0.384. The molecular formula is C50H73N3O11. The van der Waals surface area contributed by atoms with Gasteiger partial charge in [-0.1, -0.05) is 88.4 Å². The first-order valence-electron chi connectivity index (χ1n) is 23.8. The third kappa shape index (κ3) is 13.4. The summed E-state index contributed by atoms with van der Waals surface area (Å²) in [6.45, 7) is 6.83. The number of aliphatic hydroxyl groups excluding tert-OH is 3. The molecule has 0 aromatic heterocycles. The number of phenols is 1. The highest BCUT2D eigenvalue weighted by atomic mass is 16.7. The van der Waals surface area contributed by atoms with Gasteiger partial charge in [-0.3, -0.25) is 14.9 Å². The minimum atomic E-state index is -1.46. The van der Waals surface area contributed by atoms with Crippen LogP contribution in [0.15, 0.2) is 71.9 Å². The second-order valence-electron chi connectivity index (χ2n) is 17.5. The van der Waals surface area contributed by atoms with Gasteiger partial charge < -0.3 is 44.4 Å². The number of aliphatic hydroxyl groups is 3. The predicted molar refractivity (Wildman–Crippen MR) is 246 cm³/mol. The SMILES string of the molecule is C=CCOC12Oc3ccc(O)cc3C3C(CCCCO)C(CCCCO)C=C(C(=NOCc4ccc([N+](=O)[O-])cc4)CC1N(CCOCCO)C(=O)CCCCCCCCCCC)C32. The summed E-state index contributed by atoms with van der Waals surface area (Å²) in [5.74, 6) is -1.71. The Morgan fingerprint density at radius 3 is 2.31 bits per heavy atom. The van der Waals surface area contributed by atoms with Crippen LogP contribution in [0.2, 0.25) is 0 Å². The first-order valence-corrected chi connectivity index (χ1v) is 23.8. The fourth-order valence-electron chi connectivity index (χ4n) is 10.1. The molecule has 6 atom stereocenters. The van der Waals surface area contributed by atoms with Gasteiger partial charge in [0.1, 0.15) is 24.1 Å². The van der Waals surface area contributed by atoms with Gasteiger partial charge in [0, 0.05) is 56.2 Å². The van der Waals surface area contributed by atoms with Crippen LogP contribution in [0.1, 0.15) is 133 Å². The van der Waals surface area contributed by atoms with Gasteiger partial charge in [0.15, 0.2) is 0 Å². The van der Waals surface area contributed by atoms with Crippen LogP contribution >= 0.6 is 0 Å². The maximum atomic E-state index is 14.8. The molecule has 0 spiro atoms. The number of phenolic OH excluding ortho intramolecular Hbond substituents is 1. The largest absolute Gasteiger partial charge is 0.508 e. The standard InChI is InChI=1S/C50H73N3O11/c1-3-5-6-7-8-9-10-11-12-19-47(58)52(26-31-61-32-29-56)46-35-44(51-63-36-37-20-22-39(23-21-37)53(59)60)42-33-38(17-13-15-27-54)41(18-14-16-28-55)48-43-34-40(57)24-25-45(43)64-50(46,49(42)48)62-30-4-2/h4,20-25,33-34,38,41,46,48-49,54-57H,2-3,5-19,26-32,35-36H2,1H3. The van der Waals surface area contributed by atoms with E-state index < -0.39 is 22.7 Å².